The highest BCUT2D eigenvalue weighted by molar-refractivity contribution is 6.14. The molecular weight excluding hydrogens is 370 g/mol. The summed E-state index contributed by atoms with van der Waals surface area (Å²) in [5.74, 6) is 7.79. The third kappa shape index (κ3) is 3.46. The Morgan fingerprint density at radius 3 is 2.53 bits per heavy atom. The summed E-state index contributed by atoms with van der Waals surface area (Å²) in [6, 6.07) is 0. The summed E-state index contributed by atoms with van der Waals surface area (Å²) in [4.78, 5) is 13.3. The molecule has 0 aromatic carbocycles. The maximum absolute atomic E-state index is 13.3. The number of rotatable bonds is 6. The van der Waals surface area contributed by atoms with Gasteiger partial charge in [-0.15, -0.1) is 0 Å². The molecule has 5 rings (SSSR count). The maximum Gasteiger partial charge on any atom is 0.157 e. The van der Waals surface area contributed by atoms with Crippen LogP contribution in [0.4, 0.5) is 0 Å². The van der Waals surface area contributed by atoms with Gasteiger partial charge in [0.05, 0.1) is 12.8 Å². The van der Waals surface area contributed by atoms with E-state index in [1.807, 2.05) is 0 Å². The standard InChI is InChI=1S/C26H41N3O/c1-16-3-7-19-18(13-16)6-8-21-20(19)9-10-26(2)23(24(30)15-29-28-12-11-27)14-22(25(21)26)17-4-5-17/h11-12,16-23,25,27,29H,3-10,13-15H2,1-2H3/b27-11?,28-12-. The van der Waals surface area contributed by atoms with Crippen molar-refractivity contribution in [3.05, 3.63) is 0 Å². The van der Waals surface area contributed by atoms with Crippen molar-refractivity contribution < 1.29 is 4.79 Å². The van der Waals surface area contributed by atoms with Gasteiger partial charge in [0.15, 0.2) is 5.78 Å². The maximum atomic E-state index is 13.3. The van der Waals surface area contributed by atoms with Crippen molar-refractivity contribution >= 4 is 18.2 Å². The molecule has 0 saturated heterocycles. The van der Waals surface area contributed by atoms with E-state index < -0.39 is 0 Å². The van der Waals surface area contributed by atoms with E-state index in [2.05, 4.69) is 24.4 Å². The Balaban J connectivity index is 1.37. The van der Waals surface area contributed by atoms with Gasteiger partial charge in [0.25, 0.3) is 0 Å². The minimum Gasteiger partial charge on any atom is -0.307 e. The van der Waals surface area contributed by atoms with Crippen molar-refractivity contribution in [2.75, 3.05) is 6.54 Å². The molecule has 2 N–H and O–H groups in total. The topological polar surface area (TPSA) is 65.3 Å². The molecule has 9 unspecified atom stereocenters. The molecule has 5 fully saturated rings. The second-order valence-corrected chi connectivity index (χ2v) is 11.9. The Morgan fingerprint density at radius 2 is 1.77 bits per heavy atom. The summed E-state index contributed by atoms with van der Waals surface area (Å²) in [7, 11) is 0. The van der Waals surface area contributed by atoms with Crippen molar-refractivity contribution in [2.24, 2.45) is 63.8 Å². The molecule has 0 amide bonds. The second-order valence-electron chi connectivity index (χ2n) is 11.9. The first-order valence-corrected chi connectivity index (χ1v) is 12.8. The zero-order chi connectivity index (χ0) is 20.9. The van der Waals surface area contributed by atoms with Crippen LogP contribution < -0.4 is 5.43 Å². The predicted molar refractivity (Wildman–Crippen MR) is 122 cm³/mol. The summed E-state index contributed by atoms with van der Waals surface area (Å²) in [6.07, 6.45) is 16.4. The van der Waals surface area contributed by atoms with Crippen molar-refractivity contribution in [3.8, 4) is 0 Å². The first kappa shape index (κ1) is 20.7. The molecule has 0 spiro atoms. The molecule has 5 aliphatic carbocycles. The minimum absolute atomic E-state index is 0.202. The summed E-state index contributed by atoms with van der Waals surface area (Å²) in [5, 5.41) is 11.0. The average Bonchev–Trinajstić information content (AvgIpc) is 3.52. The SMILES string of the molecule is CC1CCC2C(CCC3C2CCC2(C)C(C(=O)CN/N=C\C=N)CC(C4CC4)C32)C1. The lowest BCUT2D eigenvalue weighted by Crippen LogP contribution is -2.51. The Hall–Kier alpha value is -1.19. The van der Waals surface area contributed by atoms with Crippen LogP contribution in [-0.4, -0.2) is 24.8 Å². The molecule has 0 aliphatic heterocycles. The van der Waals surface area contributed by atoms with E-state index in [9.17, 15) is 4.79 Å². The number of Topliss-reactive ketones (excluding diaryl/α,β-unsaturated/α-hetero) is 1. The molecule has 5 saturated carbocycles. The fourth-order valence-corrected chi connectivity index (χ4v) is 9.11. The molecule has 0 aromatic rings. The lowest BCUT2D eigenvalue weighted by molar-refractivity contribution is -0.130. The smallest absolute Gasteiger partial charge is 0.157 e. The van der Waals surface area contributed by atoms with Crippen molar-refractivity contribution in [3.63, 3.8) is 0 Å². The van der Waals surface area contributed by atoms with E-state index in [4.69, 9.17) is 5.41 Å². The van der Waals surface area contributed by atoms with Gasteiger partial charge in [-0.3, -0.25) is 4.79 Å². The van der Waals surface area contributed by atoms with Crippen LogP contribution in [0.25, 0.3) is 0 Å². The van der Waals surface area contributed by atoms with Crippen molar-refractivity contribution in [1.82, 2.24) is 5.43 Å². The highest BCUT2D eigenvalue weighted by Gasteiger charge is 2.63. The summed E-state index contributed by atoms with van der Waals surface area (Å²) >= 11 is 0. The van der Waals surface area contributed by atoms with E-state index in [0.29, 0.717) is 12.3 Å². The van der Waals surface area contributed by atoms with Gasteiger partial charge in [-0.1, -0.05) is 20.3 Å². The predicted octanol–water partition coefficient (Wildman–Crippen LogP) is 5.32. The molecule has 9 atom stereocenters. The number of hydrogen-bond acceptors (Lipinski definition) is 4. The van der Waals surface area contributed by atoms with Gasteiger partial charge < -0.3 is 10.8 Å². The molecule has 4 heteroatoms. The molecule has 166 valence electrons. The van der Waals surface area contributed by atoms with E-state index in [-0.39, 0.29) is 11.3 Å². The highest BCUT2D eigenvalue weighted by Crippen LogP contribution is 2.69. The number of nitrogens with zero attached hydrogens (tertiary/aromatic N) is 1. The Labute approximate surface area is 182 Å². The van der Waals surface area contributed by atoms with Gasteiger partial charge >= 0.3 is 0 Å². The van der Waals surface area contributed by atoms with Crippen LogP contribution in [0, 0.1) is 64.1 Å². The van der Waals surface area contributed by atoms with Crippen LogP contribution in [0.1, 0.15) is 78.1 Å². The van der Waals surface area contributed by atoms with E-state index in [0.717, 1.165) is 60.0 Å². The first-order chi connectivity index (χ1) is 14.5. The second kappa shape index (κ2) is 8.06. The Morgan fingerprint density at radius 1 is 1.00 bits per heavy atom. The normalized spacial score (nSPS) is 47.9. The van der Waals surface area contributed by atoms with Gasteiger partial charge in [-0.2, -0.15) is 5.10 Å². The molecular formula is C26H41N3O. The fraction of sp³-hybridized carbons (Fsp3) is 0.885. The highest BCUT2D eigenvalue weighted by atomic mass is 16.1. The van der Waals surface area contributed by atoms with Crippen LogP contribution in [0.15, 0.2) is 5.10 Å². The lowest BCUT2D eigenvalue weighted by atomic mass is 9.48. The Kier molecular flexibility index (Phi) is 5.56. The van der Waals surface area contributed by atoms with Crippen LogP contribution >= 0.6 is 0 Å². The van der Waals surface area contributed by atoms with Gasteiger partial charge in [-0.05, 0) is 111 Å². The Bertz CT molecular complexity index is 700. The van der Waals surface area contributed by atoms with E-state index >= 15 is 0 Å². The largest absolute Gasteiger partial charge is 0.307 e. The number of hydrazone groups is 1. The number of hydrogen-bond donors (Lipinski definition) is 2. The number of nitrogens with one attached hydrogen (secondary N) is 2. The minimum atomic E-state index is 0.202. The van der Waals surface area contributed by atoms with Crippen LogP contribution in [-0.2, 0) is 4.79 Å². The zero-order valence-electron chi connectivity index (χ0n) is 19.0. The van der Waals surface area contributed by atoms with Gasteiger partial charge in [0.1, 0.15) is 0 Å². The quantitative estimate of drug-likeness (QED) is 0.459. The van der Waals surface area contributed by atoms with Crippen molar-refractivity contribution in [2.45, 2.75) is 78.1 Å². The van der Waals surface area contributed by atoms with Crippen molar-refractivity contribution in [1.29, 1.82) is 5.41 Å². The molecule has 0 aromatic heterocycles. The zero-order valence-corrected chi connectivity index (χ0v) is 19.0. The molecule has 5 aliphatic rings. The van der Waals surface area contributed by atoms with E-state index in [1.54, 1.807) is 0 Å². The molecule has 4 nitrogen and oxygen atoms in total. The average molecular weight is 412 g/mol. The summed E-state index contributed by atoms with van der Waals surface area (Å²) in [6.45, 7) is 5.29. The summed E-state index contributed by atoms with van der Waals surface area (Å²) < 4.78 is 0. The molecule has 0 bridgehead atoms. The number of ketones is 1. The van der Waals surface area contributed by atoms with Gasteiger partial charge in [0.2, 0.25) is 0 Å². The van der Waals surface area contributed by atoms with Gasteiger partial charge in [0, 0.05) is 12.1 Å². The molecule has 30 heavy (non-hydrogen) atoms. The van der Waals surface area contributed by atoms with Crippen LogP contribution in [0.3, 0.4) is 0 Å². The third-order valence-electron chi connectivity index (χ3n) is 10.4. The summed E-state index contributed by atoms with van der Waals surface area (Å²) in [5.41, 5.74) is 3.10. The van der Waals surface area contributed by atoms with Gasteiger partial charge in [-0.25, -0.2) is 0 Å². The number of carbonyl (C=O) groups is 1. The molecule has 0 radical (unpaired) electrons. The third-order valence-corrected chi connectivity index (χ3v) is 10.4. The monoisotopic (exact) mass is 411 g/mol. The number of carbonyl (C=O) groups excluding carboxylic acids is 1. The fourth-order valence-electron chi connectivity index (χ4n) is 9.11. The lowest BCUT2D eigenvalue weighted by Gasteiger charge is -2.57. The van der Waals surface area contributed by atoms with Crippen LogP contribution in [0.5, 0.6) is 0 Å². The molecule has 0 heterocycles. The van der Waals surface area contributed by atoms with E-state index in [1.165, 1.54) is 64.0 Å². The first-order valence-electron chi connectivity index (χ1n) is 12.8. The number of fused-ring (bicyclic) bond motifs is 5. The van der Waals surface area contributed by atoms with Crippen LogP contribution in [0.2, 0.25) is 0 Å².